The van der Waals surface area contributed by atoms with E-state index in [1.807, 2.05) is 0 Å². The van der Waals surface area contributed by atoms with Crippen molar-refractivity contribution in [2.45, 2.75) is 26.2 Å². The first kappa shape index (κ1) is 13.3. The number of likely N-dealkylation sites (tertiary alicyclic amines) is 2. The SMILES string of the molecule is CC1CCCN(CCN2CC(C(=O)O)CC2=O)C1. The number of carboxylic acid groups (broad SMARTS) is 1. The number of carbonyl (C=O) groups is 2. The van der Waals surface area contributed by atoms with Gasteiger partial charge in [0.05, 0.1) is 5.92 Å². The van der Waals surface area contributed by atoms with Crippen molar-refractivity contribution in [3.63, 3.8) is 0 Å². The lowest BCUT2D eigenvalue weighted by Crippen LogP contribution is -2.40. The summed E-state index contributed by atoms with van der Waals surface area (Å²) < 4.78 is 0. The van der Waals surface area contributed by atoms with Crippen LogP contribution in [0.15, 0.2) is 0 Å². The quantitative estimate of drug-likeness (QED) is 0.800. The standard InChI is InChI=1S/C13H22N2O3/c1-10-3-2-4-14(8-10)5-6-15-9-11(13(17)18)7-12(15)16/h10-11H,2-9H2,1H3,(H,17,18). The molecule has 1 N–H and O–H groups in total. The summed E-state index contributed by atoms with van der Waals surface area (Å²) in [5.74, 6) is -0.623. The Labute approximate surface area is 108 Å². The van der Waals surface area contributed by atoms with Crippen molar-refractivity contribution in [3.8, 4) is 0 Å². The molecule has 2 saturated heterocycles. The zero-order valence-electron chi connectivity index (χ0n) is 11.0. The minimum absolute atomic E-state index is 0.00698. The largest absolute Gasteiger partial charge is 0.481 e. The van der Waals surface area contributed by atoms with E-state index in [2.05, 4.69) is 11.8 Å². The number of carboxylic acids is 1. The number of carbonyl (C=O) groups excluding carboxylic acids is 1. The highest BCUT2D eigenvalue weighted by Gasteiger charge is 2.34. The molecule has 2 aliphatic heterocycles. The van der Waals surface area contributed by atoms with Gasteiger partial charge in [-0.2, -0.15) is 0 Å². The van der Waals surface area contributed by atoms with Crippen molar-refractivity contribution < 1.29 is 14.7 Å². The maximum atomic E-state index is 11.7. The number of hydrogen-bond acceptors (Lipinski definition) is 3. The van der Waals surface area contributed by atoms with Crippen LogP contribution < -0.4 is 0 Å². The van der Waals surface area contributed by atoms with E-state index in [9.17, 15) is 9.59 Å². The van der Waals surface area contributed by atoms with Crippen molar-refractivity contribution in [3.05, 3.63) is 0 Å². The molecule has 2 unspecified atom stereocenters. The van der Waals surface area contributed by atoms with Gasteiger partial charge in [0.2, 0.25) is 5.91 Å². The summed E-state index contributed by atoms with van der Waals surface area (Å²) in [4.78, 5) is 26.6. The van der Waals surface area contributed by atoms with Gasteiger partial charge in [-0.3, -0.25) is 9.59 Å². The molecular weight excluding hydrogens is 232 g/mol. The van der Waals surface area contributed by atoms with Crippen LogP contribution in [0.4, 0.5) is 0 Å². The Hall–Kier alpha value is -1.10. The van der Waals surface area contributed by atoms with Crippen LogP contribution in [0, 0.1) is 11.8 Å². The van der Waals surface area contributed by atoms with Crippen molar-refractivity contribution >= 4 is 11.9 Å². The van der Waals surface area contributed by atoms with Gasteiger partial charge in [-0.1, -0.05) is 6.92 Å². The van der Waals surface area contributed by atoms with Crippen LogP contribution in [0.2, 0.25) is 0 Å². The van der Waals surface area contributed by atoms with E-state index in [0.29, 0.717) is 13.1 Å². The van der Waals surface area contributed by atoms with Crippen molar-refractivity contribution in [2.75, 3.05) is 32.7 Å². The lowest BCUT2D eigenvalue weighted by molar-refractivity contribution is -0.141. The second-order valence-corrected chi connectivity index (χ2v) is 5.63. The van der Waals surface area contributed by atoms with Crippen molar-refractivity contribution in [2.24, 2.45) is 11.8 Å². The molecule has 0 saturated carbocycles. The Morgan fingerprint density at radius 3 is 2.78 bits per heavy atom. The monoisotopic (exact) mass is 254 g/mol. The molecule has 2 heterocycles. The van der Waals surface area contributed by atoms with Crippen LogP contribution >= 0.6 is 0 Å². The van der Waals surface area contributed by atoms with Crippen LogP contribution in [-0.2, 0) is 9.59 Å². The average Bonchev–Trinajstić information content (AvgIpc) is 2.68. The molecule has 0 aromatic carbocycles. The highest BCUT2D eigenvalue weighted by molar-refractivity contribution is 5.86. The molecule has 0 radical (unpaired) electrons. The van der Waals surface area contributed by atoms with E-state index in [-0.39, 0.29) is 12.3 Å². The van der Waals surface area contributed by atoms with E-state index in [4.69, 9.17) is 5.11 Å². The van der Waals surface area contributed by atoms with Crippen molar-refractivity contribution in [1.82, 2.24) is 9.80 Å². The fraction of sp³-hybridized carbons (Fsp3) is 0.846. The van der Waals surface area contributed by atoms with E-state index >= 15 is 0 Å². The first-order chi connectivity index (χ1) is 8.56. The predicted molar refractivity (Wildman–Crippen MR) is 67.2 cm³/mol. The molecule has 5 heteroatoms. The highest BCUT2D eigenvalue weighted by atomic mass is 16.4. The third kappa shape index (κ3) is 3.22. The molecular formula is C13H22N2O3. The van der Waals surface area contributed by atoms with Crippen molar-refractivity contribution in [1.29, 1.82) is 0 Å². The van der Waals surface area contributed by atoms with E-state index < -0.39 is 11.9 Å². The fourth-order valence-electron chi connectivity index (χ4n) is 2.91. The summed E-state index contributed by atoms with van der Waals surface area (Å²) in [6.07, 6.45) is 2.69. The molecule has 2 aliphatic rings. The number of amides is 1. The molecule has 102 valence electrons. The molecule has 2 rings (SSSR count). The minimum Gasteiger partial charge on any atom is -0.481 e. The summed E-state index contributed by atoms with van der Waals surface area (Å²) in [6.45, 7) is 6.40. The van der Waals surface area contributed by atoms with Crippen LogP contribution in [0.25, 0.3) is 0 Å². The second kappa shape index (κ2) is 5.69. The lowest BCUT2D eigenvalue weighted by atomic mass is 10.0. The Kier molecular flexibility index (Phi) is 4.22. The average molecular weight is 254 g/mol. The number of hydrogen-bond donors (Lipinski definition) is 1. The Bertz CT molecular complexity index is 332. The predicted octanol–water partition coefficient (Wildman–Crippen LogP) is 0.651. The fourth-order valence-corrected chi connectivity index (χ4v) is 2.91. The number of aliphatic carboxylic acids is 1. The van der Waals surface area contributed by atoms with Gasteiger partial charge in [0.1, 0.15) is 0 Å². The third-order valence-electron chi connectivity index (χ3n) is 3.99. The van der Waals surface area contributed by atoms with Gasteiger partial charge in [-0.25, -0.2) is 0 Å². The minimum atomic E-state index is -0.850. The Morgan fingerprint density at radius 1 is 1.39 bits per heavy atom. The van der Waals surface area contributed by atoms with Gasteiger partial charge in [-0.15, -0.1) is 0 Å². The van der Waals surface area contributed by atoms with Gasteiger partial charge in [0, 0.05) is 32.6 Å². The Morgan fingerprint density at radius 2 is 2.17 bits per heavy atom. The summed E-state index contributed by atoms with van der Waals surface area (Å²) in [5.41, 5.74) is 0. The number of nitrogens with zero attached hydrogens (tertiary/aromatic N) is 2. The van der Waals surface area contributed by atoms with Crippen LogP contribution in [-0.4, -0.2) is 59.5 Å². The zero-order chi connectivity index (χ0) is 13.1. The molecule has 5 nitrogen and oxygen atoms in total. The first-order valence-corrected chi connectivity index (χ1v) is 6.79. The third-order valence-corrected chi connectivity index (χ3v) is 3.99. The van der Waals surface area contributed by atoms with E-state index in [0.717, 1.165) is 25.6 Å². The van der Waals surface area contributed by atoms with Gasteiger partial charge < -0.3 is 14.9 Å². The van der Waals surface area contributed by atoms with Gasteiger partial charge in [0.15, 0.2) is 0 Å². The van der Waals surface area contributed by atoms with E-state index in [1.165, 1.54) is 12.8 Å². The summed E-state index contributed by atoms with van der Waals surface area (Å²) in [7, 11) is 0. The Balaban J connectivity index is 1.76. The molecule has 0 bridgehead atoms. The molecule has 0 aliphatic carbocycles. The second-order valence-electron chi connectivity index (χ2n) is 5.63. The lowest BCUT2D eigenvalue weighted by Gasteiger charge is -2.32. The molecule has 0 aromatic heterocycles. The molecule has 0 spiro atoms. The van der Waals surface area contributed by atoms with Gasteiger partial charge in [0.25, 0.3) is 0 Å². The van der Waals surface area contributed by atoms with Crippen LogP contribution in [0.3, 0.4) is 0 Å². The topological polar surface area (TPSA) is 60.9 Å². The molecule has 18 heavy (non-hydrogen) atoms. The summed E-state index contributed by atoms with van der Waals surface area (Å²) >= 11 is 0. The van der Waals surface area contributed by atoms with Crippen LogP contribution in [0.5, 0.6) is 0 Å². The zero-order valence-corrected chi connectivity index (χ0v) is 11.0. The maximum absolute atomic E-state index is 11.7. The number of rotatable bonds is 4. The highest BCUT2D eigenvalue weighted by Crippen LogP contribution is 2.19. The molecule has 0 aromatic rings. The van der Waals surface area contributed by atoms with Crippen LogP contribution in [0.1, 0.15) is 26.2 Å². The molecule has 2 fully saturated rings. The number of piperidine rings is 1. The molecule has 2 atom stereocenters. The van der Waals surface area contributed by atoms with Gasteiger partial charge in [-0.05, 0) is 25.3 Å². The maximum Gasteiger partial charge on any atom is 0.308 e. The smallest absolute Gasteiger partial charge is 0.308 e. The van der Waals surface area contributed by atoms with Gasteiger partial charge >= 0.3 is 5.97 Å². The normalized spacial score (nSPS) is 29.8. The molecule has 1 amide bonds. The summed E-state index contributed by atoms with van der Waals surface area (Å²) in [5, 5.41) is 8.91. The summed E-state index contributed by atoms with van der Waals surface area (Å²) in [6, 6.07) is 0. The van der Waals surface area contributed by atoms with E-state index in [1.54, 1.807) is 4.90 Å². The first-order valence-electron chi connectivity index (χ1n) is 6.79.